The third-order valence-corrected chi connectivity index (χ3v) is 4.95. The van der Waals surface area contributed by atoms with Crippen molar-refractivity contribution < 1.29 is 9.32 Å². The molecule has 6 heteroatoms. The quantitative estimate of drug-likeness (QED) is 0.870. The van der Waals surface area contributed by atoms with E-state index in [9.17, 15) is 4.79 Å². The van der Waals surface area contributed by atoms with Crippen molar-refractivity contribution >= 4 is 17.7 Å². The lowest BCUT2D eigenvalue weighted by atomic mass is 10.1. The molecule has 1 N–H and O–H groups in total. The molecule has 2 fully saturated rings. The smallest absolute Gasteiger partial charge is 0.273 e. The van der Waals surface area contributed by atoms with Gasteiger partial charge >= 0.3 is 0 Å². The van der Waals surface area contributed by atoms with Crippen molar-refractivity contribution in [2.45, 2.75) is 31.7 Å². The van der Waals surface area contributed by atoms with Gasteiger partial charge in [-0.05, 0) is 25.0 Å². The lowest BCUT2D eigenvalue weighted by molar-refractivity contribution is 0.0922. The summed E-state index contributed by atoms with van der Waals surface area (Å²) in [5, 5.41) is 7.02. The Hall–Kier alpha value is -1.01. The summed E-state index contributed by atoms with van der Waals surface area (Å²) in [6, 6.07) is 2.01. The van der Waals surface area contributed by atoms with Crippen LogP contribution in [-0.4, -0.2) is 53.6 Å². The van der Waals surface area contributed by atoms with Crippen LogP contribution in [0, 0.1) is 5.92 Å². The maximum absolute atomic E-state index is 12.3. The van der Waals surface area contributed by atoms with E-state index in [0.717, 1.165) is 44.0 Å². The van der Waals surface area contributed by atoms with E-state index in [1.165, 1.54) is 0 Å². The fourth-order valence-corrected chi connectivity index (χ4v) is 3.30. The van der Waals surface area contributed by atoms with E-state index < -0.39 is 0 Å². The first-order chi connectivity index (χ1) is 10.2. The first-order valence-corrected chi connectivity index (χ1v) is 9.05. The number of rotatable bonds is 6. The number of hydrogen-bond acceptors (Lipinski definition) is 5. The van der Waals surface area contributed by atoms with Crippen molar-refractivity contribution in [2.75, 3.05) is 31.6 Å². The molecule has 2 heterocycles. The maximum Gasteiger partial charge on any atom is 0.273 e. The van der Waals surface area contributed by atoms with Crippen LogP contribution in [0.4, 0.5) is 0 Å². The third-order valence-electron chi connectivity index (χ3n) is 4.36. The van der Waals surface area contributed by atoms with Crippen molar-refractivity contribution in [3.8, 4) is 0 Å². The van der Waals surface area contributed by atoms with Gasteiger partial charge < -0.3 is 14.7 Å². The molecule has 0 aromatic carbocycles. The van der Waals surface area contributed by atoms with Crippen molar-refractivity contribution in [3.05, 3.63) is 17.5 Å². The third kappa shape index (κ3) is 3.61. The predicted molar refractivity (Wildman–Crippen MR) is 83.7 cm³/mol. The Morgan fingerprint density at radius 2 is 2.33 bits per heavy atom. The van der Waals surface area contributed by atoms with Gasteiger partial charge in [0.2, 0.25) is 0 Å². The Morgan fingerprint density at radius 3 is 3.05 bits per heavy atom. The second-order valence-corrected chi connectivity index (χ2v) is 7.18. The predicted octanol–water partition coefficient (Wildman–Crippen LogP) is 1.97. The number of carbonyl (C=O) groups is 1. The Bertz CT molecular complexity index is 501. The van der Waals surface area contributed by atoms with Crippen molar-refractivity contribution in [1.29, 1.82) is 0 Å². The number of thioether (sulfide) groups is 1. The maximum atomic E-state index is 12.3. The van der Waals surface area contributed by atoms with Crippen LogP contribution in [0.15, 0.2) is 10.6 Å². The van der Waals surface area contributed by atoms with Crippen LogP contribution >= 0.6 is 11.8 Å². The molecule has 1 aromatic rings. The molecule has 3 rings (SSSR count). The average molecular weight is 309 g/mol. The summed E-state index contributed by atoms with van der Waals surface area (Å²) in [4.78, 5) is 14.7. The fourth-order valence-electron chi connectivity index (χ4n) is 2.86. The number of nitrogens with one attached hydrogen (secondary N) is 1. The number of amides is 1. The lowest BCUT2D eigenvalue weighted by Gasteiger charge is -2.16. The molecule has 21 heavy (non-hydrogen) atoms. The van der Waals surface area contributed by atoms with E-state index in [-0.39, 0.29) is 11.9 Å². The average Bonchev–Trinajstić information content (AvgIpc) is 3.09. The van der Waals surface area contributed by atoms with Gasteiger partial charge in [-0.15, -0.1) is 0 Å². The number of hydrogen-bond donors (Lipinski definition) is 1. The van der Waals surface area contributed by atoms with Gasteiger partial charge in [0.15, 0.2) is 5.69 Å². The van der Waals surface area contributed by atoms with Crippen molar-refractivity contribution in [3.63, 3.8) is 0 Å². The van der Waals surface area contributed by atoms with Gasteiger partial charge in [0.05, 0.1) is 0 Å². The molecule has 2 atom stereocenters. The lowest BCUT2D eigenvalue weighted by Crippen LogP contribution is -2.40. The Kier molecular flexibility index (Phi) is 4.54. The molecule has 1 aliphatic heterocycles. The summed E-state index contributed by atoms with van der Waals surface area (Å²) in [6.07, 6.45) is 4.43. The standard InChI is InChI=1S/C15H23N3O2S/c1-10-8-18(5-6-21-2)9-13(10)16-15(19)12-7-14(20-17-12)11-3-4-11/h7,10-11,13H,3-6,8-9H2,1-2H3,(H,16,19)/t10-,13?/m0/s1. The summed E-state index contributed by atoms with van der Waals surface area (Å²) in [7, 11) is 0. The minimum Gasteiger partial charge on any atom is -0.360 e. The fraction of sp³-hybridized carbons (Fsp3) is 0.733. The van der Waals surface area contributed by atoms with E-state index in [0.29, 0.717) is 17.5 Å². The van der Waals surface area contributed by atoms with Gasteiger partial charge in [-0.25, -0.2) is 0 Å². The summed E-state index contributed by atoms with van der Waals surface area (Å²) in [6.45, 7) is 5.27. The topological polar surface area (TPSA) is 58.4 Å². The highest BCUT2D eigenvalue weighted by molar-refractivity contribution is 7.98. The van der Waals surface area contributed by atoms with E-state index in [1.807, 2.05) is 11.8 Å². The van der Waals surface area contributed by atoms with Crippen LogP contribution in [0.3, 0.4) is 0 Å². The van der Waals surface area contributed by atoms with Crippen LogP contribution in [0.5, 0.6) is 0 Å². The largest absolute Gasteiger partial charge is 0.360 e. The number of carbonyl (C=O) groups excluding carboxylic acids is 1. The normalized spacial score (nSPS) is 26.2. The van der Waals surface area contributed by atoms with Gasteiger partial charge in [0.25, 0.3) is 5.91 Å². The highest BCUT2D eigenvalue weighted by Gasteiger charge is 2.32. The molecule has 1 aromatic heterocycles. The molecule has 116 valence electrons. The minimum atomic E-state index is -0.103. The van der Waals surface area contributed by atoms with Crippen LogP contribution in [0.1, 0.15) is 41.9 Å². The van der Waals surface area contributed by atoms with Gasteiger partial charge in [0, 0.05) is 43.4 Å². The molecule has 1 aliphatic carbocycles. The highest BCUT2D eigenvalue weighted by atomic mass is 32.2. The van der Waals surface area contributed by atoms with E-state index >= 15 is 0 Å². The second-order valence-electron chi connectivity index (χ2n) is 6.20. The Labute approximate surface area is 129 Å². The van der Waals surface area contributed by atoms with Crippen LogP contribution in [0.25, 0.3) is 0 Å². The zero-order chi connectivity index (χ0) is 14.8. The molecule has 2 aliphatic rings. The Balaban J connectivity index is 1.53. The number of likely N-dealkylation sites (tertiary alicyclic amines) is 1. The first kappa shape index (κ1) is 14.9. The van der Waals surface area contributed by atoms with E-state index in [2.05, 4.69) is 28.6 Å². The molecule has 0 spiro atoms. The molecule has 1 saturated carbocycles. The summed E-state index contributed by atoms with van der Waals surface area (Å²) >= 11 is 1.86. The van der Waals surface area contributed by atoms with Gasteiger partial charge in [-0.1, -0.05) is 12.1 Å². The second kappa shape index (κ2) is 6.40. The zero-order valence-electron chi connectivity index (χ0n) is 12.7. The number of nitrogens with zero attached hydrogens (tertiary/aromatic N) is 2. The first-order valence-electron chi connectivity index (χ1n) is 7.66. The molecular weight excluding hydrogens is 286 g/mol. The SMILES string of the molecule is CSCCN1CC(NC(=O)c2cc(C3CC3)on2)[C@@H](C)C1. The molecule has 1 saturated heterocycles. The van der Waals surface area contributed by atoms with Gasteiger partial charge in [0.1, 0.15) is 5.76 Å². The molecule has 1 amide bonds. The zero-order valence-corrected chi connectivity index (χ0v) is 13.5. The van der Waals surface area contributed by atoms with Crippen LogP contribution < -0.4 is 5.32 Å². The minimum absolute atomic E-state index is 0.103. The van der Waals surface area contributed by atoms with Crippen molar-refractivity contribution in [2.24, 2.45) is 5.92 Å². The van der Waals surface area contributed by atoms with Crippen LogP contribution in [-0.2, 0) is 0 Å². The number of aromatic nitrogens is 1. The molecular formula is C15H23N3O2S. The molecule has 1 unspecified atom stereocenters. The summed E-state index contributed by atoms with van der Waals surface area (Å²) in [5.74, 6) is 2.87. The monoisotopic (exact) mass is 309 g/mol. The van der Waals surface area contributed by atoms with Gasteiger partial charge in [-0.3, -0.25) is 4.79 Å². The van der Waals surface area contributed by atoms with Gasteiger partial charge in [-0.2, -0.15) is 11.8 Å². The van der Waals surface area contributed by atoms with Crippen LogP contribution in [0.2, 0.25) is 0 Å². The summed E-state index contributed by atoms with van der Waals surface area (Å²) in [5.41, 5.74) is 0.423. The highest BCUT2D eigenvalue weighted by Crippen LogP contribution is 2.40. The van der Waals surface area contributed by atoms with E-state index in [1.54, 1.807) is 6.07 Å². The van der Waals surface area contributed by atoms with Crippen molar-refractivity contribution in [1.82, 2.24) is 15.4 Å². The Morgan fingerprint density at radius 1 is 1.52 bits per heavy atom. The molecule has 0 radical (unpaired) electrons. The summed E-state index contributed by atoms with van der Waals surface area (Å²) < 4.78 is 5.25. The van der Waals surface area contributed by atoms with E-state index in [4.69, 9.17) is 4.52 Å². The molecule has 5 nitrogen and oxygen atoms in total. The molecule has 0 bridgehead atoms.